The summed E-state index contributed by atoms with van der Waals surface area (Å²) in [5.74, 6) is -0.296. The van der Waals surface area contributed by atoms with E-state index in [0.29, 0.717) is 34.4 Å². The molecule has 1 amide bonds. The van der Waals surface area contributed by atoms with Gasteiger partial charge in [0.15, 0.2) is 0 Å². The second kappa shape index (κ2) is 7.17. The number of nitrogens with one attached hydrogen (secondary N) is 1. The molecule has 2 aliphatic rings. The first-order chi connectivity index (χ1) is 14.8. The normalized spacial score (nSPS) is 20.4. The molecule has 1 saturated carbocycles. The average Bonchev–Trinajstić information content (AvgIpc) is 3.42. The molecular formula is C23H23FN2O4S. The van der Waals surface area contributed by atoms with Crippen molar-refractivity contribution in [2.45, 2.75) is 31.5 Å². The predicted molar refractivity (Wildman–Crippen MR) is 118 cm³/mol. The molecule has 2 atom stereocenters. The number of amides is 1. The minimum Gasteiger partial charge on any atom is -0.455 e. The van der Waals surface area contributed by atoms with Crippen molar-refractivity contribution in [1.29, 1.82) is 0 Å². The van der Waals surface area contributed by atoms with Gasteiger partial charge in [-0.2, -0.15) is 0 Å². The molecule has 0 bridgehead atoms. The Morgan fingerprint density at radius 1 is 1.26 bits per heavy atom. The molecule has 2 aromatic carbocycles. The minimum atomic E-state index is -1.25. The third kappa shape index (κ3) is 3.34. The van der Waals surface area contributed by atoms with Crippen molar-refractivity contribution in [3.8, 4) is 11.3 Å². The molecule has 162 valence electrons. The zero-order valence-electron chi connectivity index (χ0n) is 17.5. The van der Waals surface area contributed by atoms with Crippen LogP contribution in [0.1, 0.15) is 41.8 Å². The second-order valence-corrected chi connectivity index (χ2v) is 9.49. The Labute approximate surface area is 181 Å². The number of furan rings is 1. The van der Waals surface area contributed by atoms with Crippen LogP contribution < -0.4 is 9.62 Å². The second-order valence-electron chi connectivity index (χ2n) is 8.20. The fourth-order valence-electron chi connectivity index (χ4n) is 4.31. The number of rotatable bonds is 3. The number of carbonyl (C=O) groups excluding carboxylic acids is 1. The minimum absolute atomic E-state index is 0.225. The van der Waals surface area contributed by atoms with E-state index in [-0.39, 0.29) is 23.4 Å². The van der Waals surface area contributed by atoms with Crippen molar-refractivity contribution in [3.05, 3.63) is 53.3 Å². The van der Waals surface area contributed by atoms with E-state index in [1.165, 1.54) is 12.1 Å². The lowest BCUT2D eigenvalue weighted by Crippen LogP contribution is -2.34. The Morgan fingerprint density at radius 3 is 2.58 bits per heavy atom. The zero-order valence-corrected chi connectivity index (χ0v) is 18.3. The van der Waals surface area contributed by atoms with Crippen molar-refractivity contribution < 1.29 is 22.5 Å². The van der Waals surface area contributed by atoms with Crippen molar-refractivity contribution in [2.75, 3.05) is 24.2 Å². The molecule has 3 aromatic rings. The van der Waals surface area contributed by atoms with E-state index in [0.717, 1.165) is 24.1 Å². The van der Waals surface area contributed by atoms with Crippen LogP contribution in [0.3, 0.4) is 0 Å². The van der Waals surface area contributed by atoms with Crippen LogP contribution in [0.25, 0.3) is 22.3 Å². The molecule has 1 aliphatic heterocycles. The summed E-state index contributed by atoms with van der Waals surface area (Å²) in [4.78, 5) is 12.8. The number of hydrogen-bond acceptors (Lipinski definition) is 4. The first-order valence-corrected chi connectivity index (χ1v) is 11.7. The molecule has 31 heavy (non-hydrogen) atoms. The summed E-state index contributed by atoms with van der Waals surface area (Å²) in [5.41, 5.74) is 2.87. The maximum absolute atomic E-state index is 13.4. The van der Waals surface area contributed by atoms with Gasteiger partial charge in [0.2, 0.25) is 0 Å². The van der Waals surface area contributed by atoms with Crippen molar-refractivity contribution in [3.63, 3.8) is 0 Å². The summed E-state index contributed by atoms with van der Waals surface area (Å²) in [6, 6.07) is 9.57. The van der Waals surface area contributed by atoms with Crippen LogP contribution in [0.5, 0.6) is 0 Å². The first-order valence-electron chi connectivity index (χ1n) is 10.2. The summed E-state index contributed by atoms with van der Waals surface area (Å²) >= 11 is 0. The Hall–Kier alpha value is -2.71. The average molecular weight is 443 g/mol. The first kappa shape index (κ1) is 20.2. The monoisotopic (exact) mass is 442 g/mol. The van der Waals surface area contributed by atoms with Gasteiger partial charge in [0, 0.05) is 35.9 Å². The van der Waals surface area contributed by atoms with Crippen LogP contribution in [0.4, 0.5) is 10.1 Å². The van der Waals surface area contributed by atoms with Crippen LogP contribution in [-0.4, -0.2) is 35.6 Å². The molecule has 5 rings (SSSR count). The highest BCUT2D eigenvalue weighted by molar-refractivity contribution is 7.85. The van der Waals surface area contributed by atoms with Gasteiger partial charge in [0.25, 0.3) is 5.91 Å². The quantitative estimate of drug-likeness (QED) is 0.656. The maximum Gasteiger partial charge on any atom is 0.255 e. The standard InChI is InChI=1S/C23H23FN2O4S/c1-13-16-10-17-19(11-18(16)26(31(3)28)12-23(30-13)8-9-23)29-21(20(17)22(27)25-2)14-4-6-15(24)7-5-14/h4-7,10-11,13H,8-9,12H2,1-3H3,(H,25,27). The summed E-state index contributed by atoms with van der Waals surface area (Å²) < 4.78 is 40.4. The molecular weight excluding hydrogens is 419 g/mol. The summed E-state index contributed by atoms with van der Waals surface area (Å²) in [6.45, 7) is 2.53. The maximum atomic E-state index is 13.4. The molecule has 6 nitrogen and oxygen atoms in total. The highest BCUT2D eigenvalue weighted by atomic mass is 32.2. The number of anilines is 1. The lowest BCUT2D eigenvalue weighted by molar-refractivity contribution is -0.0114. The molecule has 2 heterocycles. The predicted octanol–water partition coefficient (Wildman–Crippen LogP) is 4.32. The Balaban J connectivity index is 1.75. The van der Waals surface area contributed by atoms with E-state index in [4.69, 9.17) is 9.15 Å². The third-order valence-electron chi connectivity index (χ3n) is 6.08. The van der Waals surface area contributed by atoms with Gasteiger partial charge in [-0.1, -0.05) is 0 Å². The molecule has 1 aromatic heterocycles. The number of halogens is 1. The topological polar surface area (TPSA) is 71.8 Å². The molecule has 0 radical (unpaired) electrons. The van der Waals surface area contributed by atoms with Crippen LogP contribution in [0.15, 0.2) is 40.8 Å². The van der Waals surface area contributed by atoms with E-state index in [2.05, 4.69) is 5.32 Å². The molecule has 8 heteroatoms. The third-order valence-corrected chi connectivity index (χ3v) is 7.03. The largest absolute Gasteiger partial charge is 0.455 e. The van der Waals surface area contributed by atoms with E-state index < -0.39 is 11.0 Å². The van der Waals surface area contributed by atoms with Gasteiger partial charge in [-0.25, -0.2) is 8.60 Å². The molecule has 1 fully saturated rings. The van der Waals surface area contributed by atoms with Crippen molar-refractivity contribution in [2.24, 2.45) is 0 Å². The lowest BCUT2D eigenvalue weighted by atomic mass is 10.0. The highest BCUT2D eigenvalue weighted by Gasteiger charge is 2.49. The van der Waals surface area contributed by atoms with E-state index in [9.17, 15) is 13.4 Å². The van der Waals surface area contributed by atoms with Crippen LogP contribution in [0.2, 0.25) is 0 Å². The summed E-state index contributed by atoms with van der Waals surface area (Å²) in [7, 11) is 0.313. The van der Waals surface area contributed by atoms with Crippen LogP contribution in [0, 0.1) is 5.82 Å². The van der Waals surface area contributed by atoms with Crippen molar-refractivity contribution in [1.82, 2.24) is 5.32 Å². The van der Waals surface area contributed by atoms with Gasteiger partial charge in [-0.3, -0.25) is 9.10 Å². The van der Waals surface area contributed by atoms with Crippen LogP contribution >= 0.6 is 0 Å². The number of ether oxygens (including phenoxy) is 1. The number of hydrogen-bond donors (Lipinski definition) is 1. The fourth-order valence-corrected chi connectivity index (χ4v) is 5.17. The van der Waals surface area contributed by atoms with Gasteiger partial charge < -0.3 is 14.5 Å². The molecule has 0 saturated heterocycles. The van der Waals surface area contributed by atoms with Gasteiger partial charge in [0.1, 0.15) is 28.1 Å². The molecule has 1 N–H and O–H groups in total. The van der Waals surface area contributed by atoms with E-state index in [1.54, 1.807) is 25.4 Å². The van der Waals surface area contributed by atoms with Gasteiger partial charge in [-0.05, 0) is 50.1 Å². The van der Waals surface area contributed by atoms with Gasteiger partial charge in [0.05, 0.1) is 29.5 Å². The SMILES string of the molecule is CNC(=O)c1c(-c2ccc(F)cc2)oc2cc3c(cc12)C(C)OC1(CC1)CN3S(C)=O. The lowest BCUT2D eigenvalue weighted by Gasteiger charge is -2.24. The molecule has 1 aliphatic carbocycles. The summed E-state index contributed by atoms with van der Waals surface area (Å²) in [6.07, 6.45) is 3.31. The Morgan fingerprint density at radius 2 is 1.97 bits per heavy atom. The highest BCUT2D eigenvalue weighted by Crippen LogP contribution is 2.50. The van der Waals surface area contributed by atoms with Crippen LogP contribution in [-0.2, 0) is 15.7 Å². The number of nitrogens with zero attached hydrogens (tertiary/aromatic N) is 1. The Kier molecular flexibility index (Phi) is 4.67. The molecule has 2 unspecified atom stereocenters. The zero-order chi connectivity index (χ0) is 21.9. The smallest absolute Gasteiger partial charge is 0.255 e. The Bertz CT molecular complexity index is 1220. The summed E-state index contributed by atoms with van der Waals surface area (Å²) in [5, 5.41) is 3.31. The number of benzene rings is 2. The molecule has 1 spiro atoms. The van der Waals surface area contributed by atoms with Crippen molar-refractivity contribution >= 4 is 33.5 Å². The number of carbonyl (C=O) groups is 1. The number of fused-ring (bicyclic) bond motifs is 2. The van der Waals surface area contributed by atoms with E-state index in [1.807, 2.05) is 23.4 Å². The van der Waals surface area contributed by atoms with Gasteiger partial charge in [-0.15, -0.1) is 0 Å². The fraction of sp³-hybridized carbons (Fsp3) is 0.348. The van der Waals surface area contributed by atoms with E-state index >= 15 is 0 Å². The van der Waals surface area contributed by atoms with Gasteiger partial charge >= 0.3 is 0 Å².